The summed E-state index contributed by atoms with van der Waals surface area (Å²) in [5, 5.41) is 16.0. The van der Waals surface area contributed by atoms with Crippen LogP contribution in [0, 0.1) is 5.92 Å². The molecule has 1 aliphatic heterocycles. The van der Waals surface area contributed by atoms with E-state index in [-0.39, 0.29) is 6.10 Å². The molecule has 0 aliphatic carbocycles. The third-order valence-electron chi connectivity index (χ3n) is 2.98. The van der Waals surface area contributed by atoms with Gasteiger partial charge in [0.25, 0.3) is 0 Å². The van der Waals surface area contributed by atoms with Crippen LogP contribution < -0.4 is 5.32 Å². The predicted octanol–water partition coefficient (Wildman–Crippen LogP) is 1.96. The fourth-order valence-electron chi connectivity index (χ4n) is 2.09. The molecule has 1 aromatic rings. The van der Waals surface area contributed by atoms with Crippen LogP contribution in [0.3, 0.4) is 0 Å². The van der Waals surface area contributed by atoms with Gasteiger partial charge in [0, 0.05) is 11.6 Å². The van der Waals surface area contributed by atoms with Crippen molar-refractivity contribution in [3.63, 3.8) is 0 Å². The van der Waals surface area contributed by atoms with E-state index in [2.05, 4.69) is 10.3 Å². The van der Waals surface area contributed by atoms with Crippen LogP contribution in [0.25, 0.3) is 0 Å². The number of nitrogens with one attached hydrogen (secondary N) is 1. The Bertz CT molecular complexity index is 270. The van der Waals surface area contributed by atoms with E-state index < -0.39 is 0 Å². The fourth-order valence-corrected chi connectivity index (χ4v) is 2.74. The standard InChI is InChI=1S/C11H18N2OS/c14-10(11-13-6-7-15-11)4-3-9-2-1-5-12-8-9/h6-7,9-10,12,14H,1-5,8H2. The quantitative estimate of drug-likeness (QED) is 0.825. The minimum Gasteiger partial charge on any atom is -0.386 e. The van der Waals surface area contributed by atoms with E-state index in [4.69, 9.17) is 0 Å². The summed E-state index contributed by atoms with van der Waals surface area (Å²) >= 11 is 1.54. The number of aliphatic hydroxyl groups excluding tert-OH is 1. The van der Waals surface area contributed by atoms with E-state index in [1.165, 1.54) is 12.8 Å². The second-order valence-electron chi connectivity index (χ2n) is 4.18. The predicted molar refractivity (Wildman–Crippen MR) is 61.9 cm³/mol. The van der Waals surface area contributed by atoms with Crippen LogP contribution in [0.2, 0.25) is 0 Å². The average molecular weight is 226 g/mol. The van der Waals surface area contributed by atoms with Gasteiger partial charge in [-0.05, 0) is 44.7 Å². The largest absolute Gasteiger partial charge is 0.386 e. The van der Waals surface area contributed by atoms with Gasteiger partial charge in [0.05, 0.1) is 0 Å². The molecule has 2 atom stereocenters. The molecule has 1 aromatic heterocycles. The Morgan fingerprint density at radius 3 is 3.27 bits per heavy atom. The lowest BCUT2D eigenvalue weighted by atomic mass is 9.93. The summed E-state index contributed by atoms with van der Waals surface area (Å²) in [6.07, 6.45) is 5.93. The van der Waals surface area contributed by atoms with Gasteiger partial charge in [-0.1, -0.05) is 0 Å². The summed E-state index contributed by atoms with van der Waals surface area (Å²) in [5.74, 6) is 0.744. The van der Waals surface area contributed by atoms with Crippen LogP contribution >= 0.6 is 11.3 Å². The Hall–Kier alpha value is -0.450. The van der Waals surface area contributed by atoms with E-state index in [0.29, 0.717) is 0 Å². The van der Waals surface area contributed by atoms with E-state index >= 15 is 0 Å². The van der Waals surface area contributed by atoms with E-state index in [1.807, 2.05) is 5.38 Å². The number of aliphatic hydroxyl groups is 1. The van der Waals surface area contributed by atoms with Crippen molar-refractivity contribution in [2.24, 2.45) is 5.92 Å². The molecule has 0 radical (unpaired) electrons. The lowest BCUT2D eigenvalue weighted by molar-refractivity contribution is 0.152. The Labute approximate surface area is 94.5 Å². The van der Waals surface area contributed by atoms with Crippen LogP contribution in [0.1, 0.15) is 36.8 Å². The minimum absolute atomic E-state index is 0.355. The summed E-state index contributed by atoms with van der Waals surface area (Å²) in [6.45, 7) is 2.27. The number of nitrogens with zero attached hydrogens (tertiary/aromatic N) is 1. The lowest BCUT2D eigenvalue weighted by Crippen LogP contribution is -2.29. The maximum atomic E-state index is 9.87. The molecule has 84 valence electrons. The molecule has 2 rings (SSSR count). The third kappa shape index (κ3) is 3.26. The van der Waals surface area contributed by atoms with Gasteiger partial charge in [-0.25, -0.2) is 4.98 Å². The molecule has 1 fully saturated rings. The molecule has 0 bridgehead atoms. The Morgan fingerprint density at radius 1 is 1.67 bits per heavy atom. The summed E-state index contributed by atoms with van der Waals surface area (Å²) < 4.78 is 0. The van der Waals surface area contributed by atoms with E-state index in [9.17, 15) is 5.11 Å². The van der Waals surface area contributed by atoms with Gasteiger partial charge < -0.3 is 10.4 Å². The van der Waals surface area contributed by atoms with E-state index in [0.717, 1.165) is 36.9 Å². The molecule has 2 unspecified atom stereocenters. The van der Waals surface area contributed by atoms with Crippen LogP contribution in [0.4, 0.5) is 0 Å². The van der Waals surface area contributed by atoms with Crippen molar-refractivity contribution in [1.29, 1.82) is 0 Å². The molecule has 0 aromatic carbocycles. The van der Waals surface area contributed by atoms with Crippen LogP contribution in [-0.2, 0) is 0 Å². The first-order chi connectivity index (χ1) is 7.36. The molecule has 0 amide bonds. The van der Waals surface area contributed by atoms with Crippen LogP contribution in [0.15, 0.2) is 11.6 Å². The average Bonchev–Trinajstić information content (AvgIpc) is 2.81. The fraction of sp³-hybridized carbons (Fsp3) is 0.727. The van der Waals surface area contributed by atoms with Crippen LogP contribution in [0.5, 0.6) is 0 Å². The third-order valence-corrected chi connectivity index (χ3v) is 3.86. The van der Waals surface area contributed by atoms with Gasteiger partial charge in [0.15, 0.2) is 0 Å². The second-order valence-corrected chi connectivity index (χ2v) is 5.10. The molecule has 1 saturated heterocycles. The van der Waals surface area contributed by atoms with Gasteiger partial charge in [-0.3, -0.25) is 0 Å². The van der Waals surface area contributed by atoms with Gasteiger partial charge >= 0.3 is 0 Å². The number of hydrogen-bond donors (Lipinski definition) is 2. The summed E-state index contributed by atoms with van der Waals surface area (Å²) in [6, 6.07) is 0. The molecule has 0 saturated carbocycles. The molecule has 0 spiro atoms. The number of thiazole rings is 1. The first-order valence-corrected chi connectivity index (χ1v) is 6.52. The van der Waals surface area contributed by atoms with Crippen LogP contribution in [-0.4, -0.2) is 23.2 Å². The van der Waals surface area contributed by atoms with Crippen molar-refractivity contribution in [1.82, 2.24) is 10.3 Å². The molecule has 15 heavy (non-hydrogen) atoms. The Kier molecular flexibility index (Phi) is 4.11. The number of rotatable bonds is 4. The first kappa shape index (κ1) is 11.0. The maximum Gasteiger partial charge on any atom is 0.121 e. The highest BCUT2D eigenvalue weighted by Gasteiger charge is 2.16. The molecule has 3 nitrogen and oxygen atoms in total. The number of piperidine rings is 1. The van der Waals surface area contributed by atoms with Gasteiger partial charge in [0.1, 0.15) is 11.1 Å². The van der Waals surface area contributed by atoms with Crippen molar-refractivity contribution in [2.45, 2.75) is 31.8 Å². The second kappa shape index (κ2) is 5.58. The monoisotopic (exact) mass is 226 g/mol. The number of hydrogen-bond acceptors (Lipinski definition) is 4. The minimum atomic E-state index is -0.355. The highest BCUT2D eigenvalue weighted by molar-refractivity contribution is 7.09. The smallest absolute Gasteiger partial charge is 0.121 e. The topological polar surface area (TPSA) is 45.1 Å². The zero-order valence-corrected chi connectivity index (χ0v) is 9.67. The highest BCUT2D eigenvalue weighted by atomic mass is 32.1. The van der Waals surface area contributed by atoms with Crippen molar-refractivity contribution < 1.29 is 5.11 Å². The summed E-state index contributed by atoms with van der Waals surface area (Å²) in [7, 11) is 0. The molecule has 2 heterocycles. The zero-order valence-electron chi connectivity index (χ0n) is 8.85. The van der Waals surface area contributed by atoms with Gasteiger partial charge in [0.2, 0.25) is 0 Å². The SMILES string of the molecule is OC(CCC1CCCNC1)c1nccs1. The maximum absolute atomic E-state index is 9.87. The lowest BCUT2D eigenvalue weighted by Gasteiger charge is -2.23. The molecular formula is C11H18N2OS. The van der Waals surface area contributed by atoms with E-state index in [1.54, 1.807) is 17.5 Å². The normalized spacial score (nSPS) is 23.9. The zero-order chi connectivity index (χ0) is 10.5. The molecule has 1 aliphatic rings. The van der Waals surface area contributed by atoms with Crippen molar-refractivity contribution in [3.8, 4) is 0 Å². The Morgan fingerprint density at radius 2 is 2.60 bits per heavy atom. The number of aromatic nitrogens is 1. The first-order valence-electron chi connectivity index (χ1n) is 5.64. The Balaban J connectivity index is 1.73. The van der Waals surface area contributed by atoms with Crippen molar-refractivity contribution in [3.05, 3.63) is 16.6 Å². The molecule has 4 heteroatoms. The van der Waals surface area contributed by atoms with Gasteiger partial charge in [-0.15, -0.1) is 11.3 Å². The highest BCUT2D eigenvalue weighted by Crippen LogP contribution is 2.24. The molecule has 2 N–H and O–H groups in total. The summed E-state index contributed by atoms with van der Waals surface area (Å²) in [4.78, 5) is 4.13. The van der Waals surface area contributed by atoms with Crippen molar-refractivity contribution in [2.75, 3.05) is 13.1 Å². The van der Waals surface area contributed by atoms with Gasteiger partial charge in [-0.2, -0.15) is 0 Å². The van der Waals surface area contributed by atoms with Crippen molar-refractivity contribution >= 4 is 11.3 Å². The molecular weight excluding hydrogens is 208 g/mol. The summed E-state index contributed by atoms with van der Waals surface area (Å²) in [5.41, 5.74) is 0.